The number of hydrogen-bond donors (Lipinski definition) is 1. The lowest BCUT2D eigenvalue weighted by atomic mass is 10.2. The van der Waals surface area contributed by atoms with Gasteiger partial charge < -0.3 is 14.9 Å². The molecule has 0 saturated heterocycles. The van der Waals surface area contributed by atoms with Crippen LogP contribution in [0.5, 0.6) is 0 Å². The van der Waals surface area contributed by atoms with E-state index < -0.39 is 12.0 Å². The minimum atomic E-state index is -0.810. The summed E-state index contributed by atoms with van der Waals surface area (Å²) in [4.78, 5) is 10.8. The Morgan fingerprint density at radius 3 is 3.00 bits per heavy atom. The average Bonchev–Trinajstić information content (AvgIpc) is 2.53. The molecule has 4 nitrogen and oxygen atoms in total. The zero-order valence-electron chi connectivity index (χ0n) is 6.11. The summed E-state index contributed by atoms with van der Waals surface area (Å²) in [6, 6.07) is 2.48. The lowest BCUT2D eigenvalue weighted by molar-refractivity contribution is -0.142. The first kappa shape index (κ1) is 7.81. The fourth-order valence-corrected chi connectivity index (χ4v) is 0.711. The highest BCUT2D eigenvalue weighted by molar-refractivity contribution is 5.76. The zero-order chi connectivity index (χ0) is 8.27. The van der Waals surface area contributed by atoms with E-state index in [-0.39, 0.29) is 0 Å². The van der Waals surface area contributed by atoms with Gasteiger partial charge in [-0.25, -0.2) is 4.79 Å². The standard InChI is InChI=1S/C7H9NO3/c1-10-7(9)6(8)5-3-2-4-11-5/h2-4,6H,8H2,1H3/t6-/m0/s1. The second-order valence-electron chi connectivity index (χ2n) is 2.02. The first-order valence-corrected chi connectivity index (χ1v) is 3.12. The summed E-state index contributed by atoms with van der Waals surface area (Å²) in [5, 5.41) is 0. The number of carbonyl (C=O) groups excluding carboxylic acids is 1. The van der Waals surface area contributed by atoms with Gasteiger partial charge in [-0.1, -0.05) is 0 Å². The second-order valence-corrected chi connectivity index (χ2v) is 2.02. The monoisotopic (exact) mass is 155 g/mol. The minimum Gasteiger partial charge on any atom is -0.468 e. The van der Waals surface area contributed by atoms with Crippen molar-refractivity contribution in [2.45, 2.75) is 6.04 Å². The van der Waals surface area contributed by atoms with Gasteiger partial charge in [0.1, 0.15) is 5.76 Å². The van der Waals surface area contributed by atoms with Gasteiger partial charge in [0.05, 0.1) is 13.4 Å². The van der Waals surface area contributed by atoms with Gasteiger partial charge in [-0.3, -0.25) is 0 Å². The van der Waals surface area contributed by atoms with E-state index >= 15 is 0 Å². The lowest BCUT2D eigenvalue weighted by Gasteiger charge is -2.04. The van der Waals surface area contributed by atoms with Crippen LogP contribution in [-0.2, 0) is 9.53 Å². The number of carbonyl (C=O) groups is 1. The van der Waals surface area contributed by atoms with Crippen molar-refractivity contribution in [2.24, 2.45) is 5.73 Å². The average molecular weight is 155 g/mol. The molecular weight excluding hydrogens is 146 g/mol. The highest BCUT2D eigenvalue weighted by Crippen LogP contribution is 2.10. The third-order valence-electron chi connectivity index (χ3n) is 1.30. The number of ether oxygens (including phenoxy) is 1. The fourth-order valence-electron chi connectivity index (χ4n) is 0.711. The van der Waals surface area contributed by atoms with E-state index in [4.69, 9.17) is 10.2 Å². The van der Waals surface area contributed by atoms with Crippen molar-refractivity contribution in [3.05, 3.63) is 24.2 Å². The molecule has 0 aliphatic heterocycles. The van der Waals surface area contributed by atoms with Crippen LogP contribution in [0.25, 0.3) is 0 Å². The van der Waals surface area contributed by atoms with Crippen LogP contribution >= 0.6 is 0 Å². The van der Waals surface area contributed by atoms with Gasteiger partial charge >= 0.3 is 5.97 Å². The van der Waals surface area contributed by atoms with E-state index in [9.17, 15) is 4.79 Å². The molecule has 0 spiro atoms. The topological polar surface area (TPSA) is 65.5 Å². The van der Waals surface area contributed by atoms with E-state index in [0.717, 1.165) is 0 Å². The van der Waals surface area contributed by atoms with Crippen LogP contribution in [0.15, 0.2) is 22.8 Å². The number of rotatable bonds is 2. The molecule has 0 saturated carbocycles. The summed E-state index contributed by atoms with van der Waals surface area (Å²) < 4.78 is 9.30. The van der Waals surface area contributed by atoms with Gasteiger partial charge in [-0.2, -0.15) is 0 Å². The minimum absolute atomic E-state index is 0.414. The van der Waals surface area contributed by atoms with Gasteiger partial charge in [-0.05, 0) is 12.1 Å². The highest BCUT2D eigenvalue weighted by Gasteiger charge is 2.17. The maximum Gasteiger partial charge on any atom is 0.330 e. The molecule has 0 aromatic carbocycles. The molecule has 0 bridgehead atoms. The van der Waals surface area contributed by atoms with Gasteiger partial charge in [-0.15, -0.1) is 0 Å². The number of esters is 1. The summed E-state index contributed by atoms with van der Waals surface area (Å²) in [6.07, 6.45) is 1.46. The van der Waals surface area contributed by atoms with Gasteiger partial charge in [0.2, 0.25) is 0 Å². The predicted molar refractivity (Wildman–Crippen MR) is 37.7 cm³/mol. The Bertz CT molecular complexity index is 230. The number of hydrogen-bond acceptors (Lipinski definition) is 4. The van der Waals surface area contributed by atoms with Crippen molar-refractivity contribution in [2.75, 3.05) is 7.11 Å². The maximum absolute atomic E-state index is 10.8. The third kappa shape index (κ3) is 1.59. The van der Waals surface area contributed by atoms with E-state index in [0.29, 0.717) is 5.76 Å². The molecule has 2 N–H and O–H groups in total. The summed E-state index contributed by atoms with van der Waals surface area (Å²) in [5.41, 5.74) is 5.43. The normalized spacial score (nSPS) is 12.5. The van der Waals surface area contributed by atoms with Crippen LogP contribution in [-0.4, -0.2) is 13.1 Å². The molecule has 60 valence electrons. The third-order valence-corrected chi connectivity index (χ3v) is 1.30. The summed E-state index contributed by atoms with van der Waals surface area (Å²) in [7, 11) is 1.28. The molecule has 0 amide bonds. The molecule has 1 rings (SSSR count). The van der Waals surface area contributed by atoms with Crippen LogP contribution in [0.2, 0.25) is 0 Å². The van der Waals surface area contributed by atoms with Crippen LogP contribution in [0.1, 0.15) is 11.8 Å². The first-order valence-electron chi connectivity index (χ1n) is 3.12. The van der Waals surface area contributed by atoms with Gasteiger partial charge in [0.25, 0.3) is 0 Å². The zero-order valence-corrected chi connectivity index (χ0v) is 6.11. The molecule has 1 atom stereocenters. The SMILES string of the molecule is COC(=O)[C@@H](N)c1ccco1. The molecule has 0 aliphatic rings. The summed E-state index contributed by atoms with van der Waals surface area (Å²) in [5.74, 6) is -0.0863. The Hall–Kier alpha value is -1.29. The molecule has 0 radical (unpaired) electrons. The van der Waals surface area contributed by atoms with Crippen LogP contribution in [0.3, 0.4) is 0 Å². The highest BCUT2D eigenvalue weighted by atomic mass is 16.5. The fraction of sp³-hybridized carbons (Fsp3) is 0.286. The van der Waals surface area contributed by atoms with Crippen LogP contribution in [0.4, 0.5) is 0 Å². The maximum atomic E-state index is 10.8. The molecule has 1 heterocycles. The number of nitrogens with two attached hydrogens (primary N) is 1. The van der Waals surface area contributed by atoms with Gasteiger partial charge in [0.15, 0.2) is 6.04 Å². The Balaban J connectivity index is 2.70. The predicted octanol–water partition coefficient (Wildman–Crippen LogP) is 0.452. The molecule has 0 aliphatic carbocycles. The van der Waals surface area contributed by atoms with Gasteiger partial charge in [0, 0.05) is 0 Å². The molecule has 1 aromatic heterocycles. The molecule has 0 unspecified atom stereocenters. The Morgan fingerprint density at radius 2 is 2.55 bits per heavy atom. The van der Waals surface area contributed by atoms with Crippen molar-refractivity contribution in [1.29, 1.82) is 0 Å². The van der Waals surface area contributed by atoms with Crippen molar-refractivity contribution in [3.8, 4) is 0 Å². The van der Waals surface area contributed by atoms with E-state index in [1.165, 1.54) is 13.4 Å². The van der Waals surface area contributed by atoms with E-state index in [1.807, 2.05) is 0 Å². The van der Waals surface area contributed by atoms with Crippen molar-refractivity contribution < 1.29 is 13.9 Å². The molecule has 4 heteroatoms. The molecule has 1 aromatic rings. The van der Waals surface area contributed by atoms with Crippen LogP contribution in [0, 0.1) is 0 Å². The largest absolute Gasteiger partial charge is 0.468 e. The smallest absolute Gasteiger partial charge is 0.330 e. The van der Waals surface area contributed by atoms with Crippen LogP contribution < -0.4 is 5.73 Å². The Kier molecular flexibility index (Phi) is 2.28. The van der Waals surface area contributed by atoms with Crippen molar-refractivity contribution in [3.63, 3.8) is 0 Å². The summed E-state index contributed by atoms with van der Waals surface area (Å²) in [6.45, 7) is 0. The molecule has 0 fully saturated rings. The summed E-state index contributed by atoms with van der Waals surface area (Å²) >= 11 is 0. The van der Waals surface area contributed by atoms with Crippen molar-refractivity contribution in [1.82, 2.24) is 0 Å². The Labute approximate surface area is 63.9 Å². The van der Waals surface area contributed by atoms with E-state index in [1.54, 1.807) is 12.1 Å². The first-order chi connectivity index (χ1) is 5.25. The molecular formula is C7H9NO3. The molecule has 11 heavy (non-hydrogen) atoms. The van der Waals surface area contributed by atoms with Crippen molar-refractivity contribution >= 4 is 5.97 Å². The Morgan fingerprint density at radius 1 is 1.82 bits per heavy atom. The lowest BCUT2D eigenvalue weighted by Crippen LogP contribution is -2.21. The number of methoxy groups -OCH3 is 1. The quantitative estimate of drug-likeness (QED) is 0.630. The number of furan rings is 1. The second kappa shape index (κ2) is 3.21. The van der Waals surface area contributed by atoms with E-state index in [2.05, 4.69) is 4.74 Å².